The van der Waals surface area contributed by atoms with E-state index in [1.165, 1.54) is 30.3 Å². The van der Waals surface area contributed by atoms with E-state index in [0.717, 1.165) is 5.56 Å². The zero-order valence-corrected chi connectivity index (χ0v) is 17.5. The number of anilines is 1. The Kier molecular flexibility index (Phi) is 5.52. The highest BCUT2D eigenvalue weighted by Crippen LogP contribution is 2.33. The summed E-state index contributed by atoms with van der Waals surface area (Å²) in [5, 5.41) is 26.6. The molecule has 0 saturated heterocycles. The zero-order valence-electron chi connectivity index (χ0n) is 16.7. The van der Waals surface area contributed by atoms with Crippen LogP contribution in [0.25, 0.3) is 22.6 Å². The Bertz CT molecular complexity index is 1380. The Balaban J connectivity index is 1.49. The topological polar surface area (TPSA) is 131 Å². The van der Waals surface area contributed by atoms with Crippen LogP contribution in [-0.2, 0) is 0 Å². The molecular formula is C22H16N4O5S. The van der Waals surface area contributed by atoms with E-state index < -0.39 is 10.8 Å². The van der Waals surface area contributed by atoms with Gasteiger partial charge in [-0.3, -0.25) is 20.2 Å². The maximum Gasteiger partial charge on any atom is 0.282 e. The number of hydrogen-bond acceptors (Lipinski definition) is 7. The zero-order chi connectivity index (χ0) is 22.8. The van der Waals surface area contributed by atoms with Crippen molar-refractivity contribution in [3.8, 4) is 17.2 Å². The number of benzene rings is 3. The number of hydrogen-bond donors (Lipinski definition) is 3. The first-order chi connectivity index (χ1) is 15.3. The molecule has 10 heteroatoms. The van der Waals surface area contributed by atoms with Crippen molar-refractivity contribution in [3.63, 3.8) is 0 Å². The molecule has 160 valence electrons. The van der Waals surface area contributed by atoms with Crippen molar-refractivity contribution in [1.29, 1.82) is 0 Å². The molecule has 1 heterocycles. The summed E-state index contributed by atoms with van der Waals surface area (Å²) in [4.78, 5) is 27.2. The van der Waals surface area contributed by atoms with Gasteiger partial charge in [0.2, 0.25) is 5.89 Å². The highest BCUT2D eigenvalue weighted by Gasteiger charge is 2.20. The largest absolute Gasteiger partial charge is 0.507 e. The molecule has 0 aliphatic heterocycles. The highest BCUT2D eigenvalue weighted by molar-refractivity contribution is 7.80. The third-order valence-electron chi connectivity index (χ3n) is 4.60. The van der Waals surface area contributed by atoms with Crippen molar-refractivity contribution in [2.75, 3.05) is 5.32 Å². The van der Waals surface area contributed by atoms with E-state index >= 15 is 0 Å². The fourth-order valence-electron chi connectivity index (χ4n) is 3.09. The predicted molar refractivity (Wildman–Crippen MR) is 123 cm³/mol. The van der Waals surface area contributed by atoms with Crippen LogP contribution in [0.4, 0.5) is 11.4 Å². The van der Waals surface area contributed by atoms with Crippen molar-refractivity contribution in [1.82, 2.24) is 10.3 Å². The number of amides is 1. The van der Waals surface area contributed by atoms with Gasteiger partial charge in [-0.05, 0) is 55.0 Å². The van der Waals surface area contributed by atoms with Gasteiger partial charge in [0.05, 0.1) is 10.5 Å². The molecule has 1 amide bonds. The molecule has 4 rings (SSSR count). The van der Waals surface area contributed by atoms with Crippen molar-refractivity contribution in [2.24, 2.45) is 0 Å². The van der Waals surface area contributed by atoms with Gasteiger partial charge < -0.3 is 14.8 Å². The van der Waals surface area contributed by atoms with Crippen molar-refractivity contribution in [2.45, 2.75) is 6.92 Å². The number of carbonyl (C=O) groups excluding carboxylic acids is 1. The van der Waals surface area contributed by atoms with Gasteiger partial charge in [0, 0.05) is 17.8 Å². The number of aromatic hydroxyl groups is 1. The summed E-state index contributed by atoms with van der Waals surface area (Å²) in [5.74, 6) is -0.564. The van der Waals surface area contributed by atoms with Gasteiger partial charge in [-0.2, -0.15) is 0 Å². The number of fused-ring (bicyclic) bond motifs is 1. The molecule has 0 aliphatic rings. The van der Waals surface area contributed by atoms with Crippen LogP contribution in [0.1, 0.15) is 15.9 Å². The number of rotatable bonds is 4. The fourth-order valence-corrected chi connectivity index (χ4v) is 3.31. The minimum atomic E-state index is -0.725. The van der Waals surface area contributed by atoms with E-state index in [1.54, 1.807) is 12.1 Å². The lowest BCUT2D eigenvalue weighted by atomic mass is 10.1. The first kappa shape index (κ1) is 20.9. The summed E-state index contributed by atoms with van der Waals surface area (Å²) >= 11 is 5.12. The third kappa shape index (κ3) is 4.25. The third-order valence-corrected chi connectivity index (χ3v) is 4.81. The van der Waals surface area contributed by atoms with E-state index in [0.29, 0.717) is 22.4 Å². The van der Waals surface area contributed by atoms with Crippen LogP contribution in [-0.4, -0.2) is 26.0 Å². The van der Waals surface area contributed by atoms with Gasteiger partial charge in [0.1, 0.15) is 16.8 Å². The van der Waals surface area contributed by atoms with Gasteiger partial charge in [-0.15, -0.1) is 0 Å². The second-order valence-corrected chi connectivity index (χ2v) is 7.31. The normalized spacial score (nSPS) is 10.7. The molecule has 0 fully saturated rings. The number of phenolic OH excluding ortho intramolecular Hbond substituents is 1. The Morgan fingerprint density at radius 2 is 1.94 bits per heavy atom. The maximum atomic E-state index is 12.4. The van der Waals surface area contributed by atoms with Crippen LogP contribution in [0.5, 0.6) is 5.75 Å². The Labute approximate surface area is 186 Å². The monoisotopic (exact) mass is 448 g/mol. The number of nitro benzene ring substituents is 1. The summed E-state index contributed by atoms with van der Waals surface area (Å²) in [7, 11) is 0. The molecule has 0 atom stereocenters. The molecule has 32 heavy (non-hydrogen) atoms. The fraction of sp³-hybridized carbons (Fsp3) is 0.0455. The van der Waals surface area contributed by atoms with E-state index in [-0.39, 0.29) is 28.0 Å². The van der Waals surface area contributed by atoms with Crippen LogP contribution in [0.2, 0.25) is 0 Å². The summed E-state index contributed by atoms with van der Waals surface area (Å²) in [6.45, 7) is 1.94. The van der Waals surface area contributed by atoms with E-state index in [1.807, 2.05) is 25.1 Å². The molecule has 4 aromatic rings. The van der Waals surface area contributed by atoms with Crippen LogP contribution >= 0.6 is 12.2 Å². The number of nitrogens with one attached hydrogen (secondary N) is 2. The van der Waals surface area contributed by atoms with Crippen LogP contribution in [0, 0.1) is 17.0 Å². The SMILES string of the molecule is Cc1ccc2nc(-c3ccc(NC(=S)NC(=O)c4ccccc4[N+](=O)[O-])cc3O)oc2c1. The molecule has 3 N–H and O–H groups in total. The second kappa shape index (κ2) is 8.44. The van der Waals surface area contributed by atoms with Crippen LogP contribution in [0.3, 0.4) is 0 Å². The molecule has 0 unspecified atom stereocenters. The van der Waals surface area contributed by atoms with E-state index in [2.05, 4.69) is 15.6 Å². The standard InChI is InChI=1S/C22H16N4O5S/c1-12-6-9-16-19(10-12)31-21(24-16)15-8-7-13(11-18(15)27)23-22(32)25-20(28)14-4-2-3-5-17(14)26(29)30/h2-11,27H,1H3,(H2,23,25,28,32). The van der Waals surface area contributed by atoms with Gasteiger partial charge in [0.15, 0.2) is 10.7 Å². The van der Waals surface area contributed by atoms with Gasteiger partial charge >= 0.3 is 0 Å². The molecule has 1 aromatic heterocycles. The first-order valence-electron chi connectivity index (χ1n) is 9.38. The van der Waals surface area contributed by atoms with Crippen molar-refractivity contribution in [3.05, 3.63) is 81.9 Å². The second-order valence-electron chi connectivity index (χ2n) is 6.90. The highest BCUT2D eigenvalue weighted by atomic mass is 32.1. The number of oxazole rings is 1. The number of phenols is 1. The maximum absolute atomic E-state index is 12.4. The number of aryl methyl sites for hydroxylation is 1. The number of nitrogens with zero attached hydrogens (tertiary/aromatic N) is 2. The summed E-state index contributed by atoms with van der Waals surface area (Å²) < 4.78 is 5.74. The van der Waals surface area contributed by atoms with Crippen LogP contribution in [0.15, 0.2) is 65.1 Å². The molecule has 0 spiro atoms. The minimum absolute atomic E-state index is 0.0855. The number of carbonyl (C=O) groups is 1. The van der Waals surface area contributed by atoms with Gasteiger partial charge in [-0.1, -0.05) is 18.2 Å². The number of para-hydroxylation sites is 1. The quantitative estimate of drug-likeness (QED) is 0.236. The molecular weight excluding hydrogens is 432 g/mol. The lowest BCUT2D eigenvalue weighted by Gasteiger charge is -2.11. The van der Waals surface area contributed by atoms with E-state index in [4.69, 9.17) is 16.6 Å². The smallest absolute Gasteiger partial charge is 0.282 e. The van der Waals surface area contributed by atoms with Gasteiger partial charge in [0.25, 0.3) is 11.6 Å². The van der Waals surface area contributed by atoms with Crippen LogP contribution < -0.4 is 10.6 Å². The molecule has 3 aromatic carbocycles. The number of aromatic nitrogens is 1. The Hall–Kier alpha value is -4.31. The molecule has 0 bridgehead atoms. The van der Waals surface area contributed by atoms with E-state index in [9.17, 15) is 20.0 Å². The van der Waals surface area contributed by atoms with Crippen molar-refractivity contribution >= 4 is 45.7 Å². The minimum Gasteiger partial charge on any atom is -0.507 e. The molecule has 0 aliphatic carbocycles. The summed E-state index contributed by atoms with van der Waals surface area (Å²) in [5.41, 5.74) is 2.65. The first-order valence-corrected chi connectivity index (χ1v) is 9.79. The predicted octanol–water partition coefficient (Wildman–Crippen LogP) is 4.54. The lowest BCUT2D eigenvalue weighted by molar-refractivity contribution is -0.385. The number of nitro groups is 1. The molecule has 9 nitrogen and oxygen atoms in total. The lowest BCUT2D eigenvalue weighted by Crippen LogP contribution is -2.34. The van der Waals surface area contributed by atoms with Gasteiger partial charge in [-0.25, -0.2) is 4.98 Å². The molecule has 0 saturated carbocycles. The van der Waals surface area contributed by atoms with Crippen molar-refractivity contribution < 1.29 is 19.2 Å². The summed E-state index contributed by atoms with van der Waals surface area (Å²) in [6, 6.07) is 15.8. The average molecular weight is 448 g/mol. The summed E-state index contributed by atoms with van der Waals surface area (Å²) in [6.07, 6.45) is 0. The Morgan fingerprint density at radius 3 is 2.69 bits per heavy atom. The number of thiocarbonyl (C=S) groups is 1. The Morgan fingerprint density at radius 1 is 1.16 bits per heavy atom. The molecule has 0 radical (unpaired) electrons. The average Bonchev–Trinajstić information content (AvgIpc) is 3.16.